The zero-order valence-electron chi connectivity index (χ0n) is 15.8. The van der Waals surface area contributed by atoms with Crippen molar-refractivity contribution in [3.8, 4) is 0 Å². The number of ketones is 1. The molecule has 1 heterocycles. The van der Waals surface area contributed by atoms with Gasteiger partial charge in [-0.05, 0) is 44.4 Å². The third-order valence-electron chi connectivity index (χ3n) is 5.09. The van der Waals surface area contributed by atoms with E-state index in [1.165, 1.54) is 7.11 Å². The second kappa shape index (κ2) is 7.86. The van der Waals surface area contributed by atoms with Gasteiger partial charge in [0.2, 0.25) is 0 Å². The summed E-state index contributed by atoms with van der Waals surface area (Å²) in [5.41, 5.74) is 3.05. The van der Waals surface area contributed by atoms with Crippen LogP contribution in [-0.4, -0.2) is 37.2 Å². The lowest BCUT2D eigenvalue weighted by molar-refractivity contribution is -0.139. The molecular formula is C21H23NO5. The lowest BCUT2D eigenvalue weighted by Crippen LogP contribution is -2.39. The topological polar surface area (TPSA) is 82.0 Å². The smallest absolute Gasteiger partial charge is 0.337 e. The van der Waals surface area contributed by atoms with Gasteiger partial charge in [-0.2, -0.15) is 0 Å². The van der Waals surface area contributed by atoms with E-state index >= 15 is 0 Å². The molecular weight excluding hydrogens is 346 g/mol. The zero-order valence-corrected chi connectivity index (χ0v) is 15.8. The number of carbonyl (C=O) groups excluding carboxylic acids is 3. The second-order valence-corrected chi connectivity index (χ2v) is 6.71. The van der Waals surface area contributed by atoms with Gasteiger partial charge < -0.3 is 9.47 Å². The average Bonchev–Trinajstić information content (AvgIpc) is 2.66. The number of hydrogen-bond acceptors (Lipinski definition) is 6. The van der Waals surface area contributed by atoms with Crippen molar-refractivity contribution in [1.29, 1.82) is 0 Å². The minimum atomic E-state index is -0.453. The number of aliphatic imine (C=N–C) groups is 1. The molecule has 1 fully saturated rings. The number of rotatable bonds is 4. The quantitative estimate of drug-likeness (QED) is 0.761. The molecule has 0 amide bonds. The van der Waals surface area contributed by atoms with E-state index in [0.717, 1.165) is 24.1 Å². The predicted molar refractivity (Wildman–Crippen MR) is 99.6 cm³/mol. The van der Waals surface area contributed by atoms with Crippen LogP contribution in [0.5, 0.6) is 0 Å². The van der Waals surface area contributed by atoms with Crippen LogP contribution in [0.25, 0.3) is 0 Å². The van der Waals surface area contributed by atoms with Gasteiger partial charge >= 0.3 is 11.9 Å². The number of fused-ring (bicyclic) bond motifs is 1. The summed E-state index contributed by atoms with van der Waals surface area (Å²) in [7, 11) is 1.33. The summed E-state index contributed by atoms with van der Waals surface area (Å²) in [4.78, 5) is 41.7. The highest BCUT2D eigenvalue weighted by Gasteiger charge is 2.43. The lowest BCUT2D eigenvalue weighted by atomic mass is 9.69. The fourth-order valence-corrected chi connectivity index (χ4v) is 3.90. The Morgan fingerprint density at radius 3 is 2.44 bits per heavy atom. The molecule has 1 saturated carbocycles. The first-order chi connectivity index (χ1) is 13.0. The van der Waals surface area contributed by atoms with Gasteiger partial charge in [-0.25, -0.2) is 9.59 Å². The summed E-state index contributed by atoms with van der Waals surface area (Å²) in [6, 6.07) is 6.85. The predicted octanol–water partition coefficient (Wildman–Crippen LogP) is 3.22. The number of Topliss-reactive ketones (excluding diaryl/α,β-unsaturated/α-hetero) is 1. The van der Waals surface area contributed by atoms with Crippen LogP contribution in [-0.2, 0) is 19.1 Å². The van der Waals surface area contributed by atoms with Crippen molar-refractivity contribution in [2.24, 2.45) is 10.9 Å². The fourth-order valence-electron chi connectivity index (χ4n) is 3.90. The molecule has 2 atom stereocenters. The maximum Gasteiger partial charge on any atom is 0.337 e. The van der Waals surface area contributed by atoms with Crippen molar-refractivity contribution in [3.05, 3.63) is 46.7 Å². The van der Waals surface area contributed by atoms with Crippen molar-refractivity contribution in [2.45, 2.75) is 39.0 Å². The summed E-state index contributed by atoms with van der Waals surface area (Å²) in [5.74, 6) is -1.69. The third kappa shape index (κ3) is 3.56. The summed E-state index contributed by atoms with van der Waals surface area (Å²) in [5, 5.41) is 0. The van der Waals surface area contributed by atoms with Crippen LogP contribution in [0.3, 0.4) is 0 Å². The maximum absolute atomic E-state index is 12.7. The molecule has 27 heavy (non-hydrogen) atoms. The number of carbonyl (C=O) groups is 3. The van der Waals surface area contributed by atoms with Gasteiger partial charge in [0, 0.05) is 23.7 Å². The fraction of sp³-hybridized carbons (Fsp3) is 0.429. The number of ether oxygens (including phenoxy) is 2. The van der Waals surface area contributed by atoms with E-state index in [-0.39, 0.29) is 12.4 Å². The maximum atomic E-state index is 12.7. The molecule has 2 unspecified atom stereocenters. The average molecular weight is 369 g/mol. The Balaban J connectivity index is 2.09. The number of hydrogen-bond donors (Lipinski definition) is 0. The van der Waals surface area contributed by atoms with Gasteiger partial charge in [0.15, 0.2) is 0 Å². The molecule has 0 N–H and O–H groups in total. The largest absolute Gasteiger partial charge is 0.465 e. The molecule has 2 aliphatic rings. The van der Waals surface area contributed by atoms with E-state index in [2.05, 4.69) is 4.99 Å². The van der Waals surface area contributed by atoms with Crippen LogP contribution < -0.4 is 0 Å². The van der Waals surface area contributed by atoms with Crippen molar-refractivity contribution >= 4 is 23.4 Å². The van der Waals surface area contributed by atoms with E-state index in [9.17, 15) is 14.4 Å². The minimum absolute atomic E-state index is 0.0938. The SMILES string of the molecule is CCOC(=O)C1=C(C)N=C2CCCC(=O)C2C1c1ccc(C(=O)OC)cc1. The highest BCUT2D eigenvalue weighted by atomic mass is 16.5. The Kier molecular flexibility index (Phi) is 5.54. The highest BCUT2D eigenvalue weighted by molar-refractivity contribution is 6.11. The second-order valence-electron chi connectivity index (χ2n) is 6.71. The molecule has 0 aromatic heterocycles. The molecule has 0 radical (unpaired) electrons. The monoisotopic (exact) mass is 369 g/mol. The van der Waals surface area contributed by atoms with E-state index in [4.69, 9.17) is 9.47 Å². The number of benzene rings is 1. The Morgan fingerprint density at radius 2 is 1.81 bits per heavy atom. The van der Waals surface area contributed by atoms with Crippen LogP contribution >= 0.6 is 0 Å². The van der Waals surface area contributed by atoms with E-state index in [1.54, 1.807) is 38.1 Å². The number of allylic oxidation sites excluding steroid dienone is 1. The molecule has 1 aromatic rings. The summed E-state index contributed by atoms with van der Waals surface area (Å²) >= 11 is 0. The lowest BCUT2D eigenvalue weighted by Gasteiger charge is -2.35. The van der Waals surface area contributed by atoms with Gasteiger partial charge in [0.1, 0.15) is 5.78 Å². The number of nitrogens with zero attached hydrogens (tertiary/aromatic N) is 1. The molecule has 0 spiro atoms. The van der Waals surface area contributed by atoms with Gasteiger partial charge in [0.25, 0.3) is 0 Å². The molecule has 6 nitrogen and oxygen atoms in total. The molecule has 6 heteroatoms. The van der Waals surface area contributed by atoms with Crippen LogP contribution in [0, 0.1) is 5.92 Å². The Morgan fingerprint density at radius 1 is 1.11 bits per heavy atom. The molecule has 1 aromatic carbocycles. The summed E-state index contributed by atoms with van der Waals surface area (Å²) in [6.07, 6.45) is 2.01. The molecule has 0 bridgehead atoms. The summed E-state index contributed by atoms with van der Waals surface area (Å²) < 4.78 is 9.98. The molecule has 1 aliphatic carbocycles. The zero-order chi connectivity index (χ0) is 19.6. The minimum Gasteiger partial charge on any atom is -0.465 e. The van der Waals surface area contributed by atoms with Crippen LogP contribution in [0.15, 0.2) is 40.5 Å². The number of esters is 2. The summed E-state index contributed by atoms with van der Waals surface area (Å²) in [6.45, 7) is 3.78. The van der Waals surface area contributed by atoms with Crippen molar-refractivity contribution in [2.75, 3.05) is 13.7 Å². The van der Waals surface area contributed by atoms with Gasteiger partial charge in [-0.1, -0.05) is 12.1 Å². The third-order valence-corrected chi connectivity index (χ3v) is 5.09. The molecule has 142 valence electrons. The molecule has 1 aliphatic heterocycles. The first-order valence-electron chi connectivity index (χ1n) is 9.14. The van der Waals surface area contributed by atoms with Gasteiger partial charge in [-0.3, -0.25) is 9.79 Å². The van der Waals surface area contributed by atoms with Gasteiger partial charge in [0.05, 0.1) is 30.8 Å². The van der Waals surface area contributed by atoms with Crippen molar-refractivity contribution in [3.63, 3.8) is 0 Å². The Hall–Kier alpha value is -2.76. The first kappa shape index (κ1) is 19.0. The van der Waals surface area contributed by atoms with E-state index in [1.807, 2.05) is 0 Å². The van der Waals surface area contributed by atoms with Crippen molar-refractivity contribution in [1.82, 2.24) is 0 Å². The highest BCUT2D eigenvalue weighted by Crippen LogP contribution is 2.43. The molecule has 0 saturated heterocycles. The van der Waals surface area contributed by atoms with Crippen molar-refractivity contribution < 1.29 is 23.9 Å². The standard InChI is InChI=1S/C21H23NO5/c1-4-27-21(25)17-12(2)22-15-6-5-7-16(23)19(15)18(17)13-8-10-14(11-9-13)20(24)26-3/h8-11,18-19H,4-7H2,1-3H3. The van der Waals surface area contributed by atoms with Gasteiger partial charge in [-0.15, -0.1) is 0 Å². The Bertz CT molecular complexity index is 835. The molecule has 3 rings (SSSR count). The van der Waals surface area contributed by atoms with Crippen LogP contribution in [0.4, 0.5) is 0 Å². The first-order valence-corrected chi connectivity index (χ1v) is 9.14. The van der Waals surface area contributed by atoms with E-state index in [0.29, 0.717) is 23.3 Å². The van der Waals surface area contributed by atoms with Crippen LogP contribution in [0.2, 0.25) is 0 Å². The normalized spacial score (nSPS) is 22.0. The van der Waals surface area contributed by atoms with E-state index < -0.39 is 23.8 Å². The van der Waals surface area contributed by atoms with Crippen LogP contribution in [0.1, 0.15) is 54.9 Å². The number of methoxy groups -OCH3 is 1. The Labute approximate surface area is 158 Å².